The molecule has 0 radical (unpaired) electrons. The average Bonchev–Trinajstić information content (AvgIpc) is 2.01. The van der Waals surface area contributed by atoms with Gasteiger partial charge in [-0.2, -0.15) is 13.2 Å². The fourth-order valence-electron chi connectivity index (χ4n) is 0.848. The van der Waals surface area contributed by atoms with Gasteiger partial charge in [-0.25, -0.2) is 12.3 Å². The first-order valence-electron chi connectivity index (χ1n) is 3.46. The quantitative estimate of drug-likeness (QED) is 0.395. The molecule has 0 unspecified atom stereocenters. The molecule has 0 atom stereocenters. The van der Waals surface area contributed by atoms with Crippen LogP contribution in [0, 0.1) is 0 Å². The van der Waals surface area contributed by atoms with Gasteiger partial charge in [-0.1, -0.05) is 12.1 Å². The Morgan fingerprint density at radius 2 is 1.29 bits per heavy atom. The molecule has 1 aromatic carbocycles. The molecule has 0 N–H and O–H groups in total. The highest BCUT2D eigenvalue weighted by Crippen LogP contribution is 2.28. The van der Waals surface area contributed by atoms with Crippen LogP contribution < -0.4 is 5.19 Å². The van der Waals surface area contributed by atoms with E-state index >= 15 is 0 Å². The summed E-state index contributed by atoms with van der Waals surface area (Å²) in [5, 5.41) is -0.953. The molecule has 0 amide bonds. The van der Waals surface area contributed by atoms with Crippen LogP contribution in [0.1, 0.15) is 5.56 Å². The van der Waals surface area contributed by atoms with Gasteiger partial charge in [0.15, 0.2) is 0 Å². The van der Waals surface area contributed by atoms with Gasteiger partial charge in [0.25, 0.3) is 0 Å². The fourth-order valence-corrected chi connectivity index (χ4v) is 1.39. The van der Waals surface area contributed by atoms with Gasteiger partial charge in [0, 0.05) is 5.19 Å². The fraction of sp³-hybridized carbons (Fsp3) is 0.143. The highest BCUT2D eigenvalue weighted by atomic mass is 28.5. The first kappa shape index (κ1) is 11.1. The van der Waals surface area contributed by atoms with E-state index in [1.54, 1.807) is 0 Å². The third kappa shape index (κ3) is 2.50. The molecule has 0 fully saturated rings. The van der Waals surface area contributed by atoms with Crippen LogP contribution in [0.2, 0.25) is 0 Å². The molecule has 0 aliphatic carbocycles. The van der Waals surface area contributed by atoms with Crippen molar-refractivity contribution >= 4 is 14.3 Å². The Morgan fingerprint density at radius 1 is 0.857 bits per heavy atom. The highest BCUT2D eigenvalue weighted by Gasteiger charge is 2.40. The first-order valence-corrected chi connectivity index (χ1v) is 5.09. The second kappa shape index (κ2) is 3.30. The smallest absolute Gasteiger partial charge is 0.234 e. The molecule has 7 heteroatoms. The molecule has 0 spiro atoms. The van der Waals surface area contributed by atoms with Crippen molar-refractivity contribution in [2.75, 3.05) is 0 Å². The predicted molar refractivity (Wildman–Crippen MR) is 40.2 cm³/mol. The summed E-state index contributed by atoms with van der Waals surface area (Å²) in [7, 11) is -5.98. The van der Waals surface area contributed by atoms with E-state index in [0.717, 1.165) is 0 Å². The molecule has 0 heterocycles. The molecule has 14 heavy (non-hydrogen) atoms. The molecule has 0 bridgehead atoms. The summed E-state index contributed by atoms with van der Waals surface area (Å²) in [5.41, 5.74) is -1.07. The van der Waals surface area contributed by atoms with Crippen molar-refractivity contribution in [3.8, 4) is 0 Å². The molecular formula is C7H4F6Si. The van der Waals surface area contributed by atoms with Crippen molar-refractivity contribution in [3.05, 3.63) is 29.8 Å². The van der Waals surface area contributed by atoms with Gasteiger partial charge >= 0.3 is 15.3 Å². The van der Waals surface area contributed by atoms with Gasteiger partial charge in [0.05, 0.1) is 5.56 Å². The Hall–Kier alpha value is -0.983. The average molecular weight is 230 g/mol. The van der Waals surface area contributed by atoms with Crippen LogP contribution in [-0.2, 0) is 6.18 Å². The summed E-state index contributed by atoms with van der Waals surface area (Å²) in [6.07, 6.45) is -4.59. The molecule has 0 aliphatic rings. The minimum absolute atomic E-state index is 0.440. The van der Waals surface area contributed by atoms with Crippen molar-refractivity contribution in [1.29, 1.82) is 0 Å². The number of benzene rings is 1. The monoisotopic (exact) mass is 230 g/mol. The lowest BCUT2D eigenvalue weighted by Crippen LogP contribution is -2.33. The third-order valence-corrected chi connectivity index (χ3v) is 2.53. The normalized spacial score (nSPS) is 13.0. The number of rotatable bonds is 1. The largest absolute Gasteiger partial charge is 0.653 e. The summed E-state index contributed by atoms with van der Waals surface area (Å²) < 4.78 is 72.1. The molecule has 0 saturated heterocycles. The summed E-state index contributed by atoms with van der Waals surface area (Å²) in [5.74, 6) is 0. The number of hydrogen-bond acceptors (Lipinski definition) is 0. The zero-order chi connectivity index (χ0) is 11.0. The molecule has 78 valence electrons. The summed E-state index contributed by atoms with van der Waals surface area (Å²) >= 11 is 0. The second-order valence-electron chi connectivity index (χ2n) is 2.57. The van der Waals surface area contributed by atoms with Crippen LogP contribution in [0.25, 0.3) is 0 Å². The Kier molecular flexibility index (Phi) is 2.62. The third-order valence-electron chi connectivity index (χ3n) is 1.54. The Bertz CT molecular complexity index is 275. The lowest BCUT2D eigenvalue weighted by Gasteiger charge is -2.07. The van der Waals surface area contributed by atoms with Crippen LogP contribution in [0.5, 0.6) is 0 Å². The standard InChI is InChI=1S/C7H4F6Si/c8-7(9,10)5-1-3-6(4-2-5)14(11,12)13/h1-4H. The van der Waals surface area contributed by atoms with Crippen LogP contribution in [0.15, 0.2) is 24.3 Å². The van der Waals surface area contributed by atoms with Gasteiger partial charge in [-0.3, -0.25) is 0 Å². The molecule has 0 nitrogen and oxygen atoms in total. The number of hydrogen-bond donors (Lipinski definition) is 0. The maximum absolute atomic E-state index is 12.1. The van der Waals surface area contributed by atoms with Crippen molar-refractivity contribution in [1.82, 2.24) is 0 Å². The predicted octanol–water partition coefficient (Wildman–Crippen LogP) is 2.76. The van der Waals surface area contributed by atoms with E-state index in [4.69, 9.17) is 0 Å². The van der Waals surface area contributed by atoms with Crippen molar-refractivity contribution in [2.24, 2.45) is 0 Å². The topological polar surface area (TPSA) is 0 Å². The molecular weight excluding hydrogens is 226 g/mol. The van der Waals surface area contributed by atoms with E-state index < -0.39 is 26.0 Å². The maximum atomic E-state index is 12.1. The molecule has 1 rings (SSSR count). The summed E-state index contributed by atoms with van der Waals surface area (Å²) in [6.45, 7) is 0. The first-order chi connectivity index (χ1) is 6.21. The van der Waals surface area contributed by atoms with Crippen molar-refractivity contribution in [2.45, 2.75) is 6.18 Å². The Morgan fingerprint density at radius 3 is 1.57 bits per heavy atom. The van der Waals surface area contributed by atoms with Crippen LogP contribution in [0.3, 0.4) is 0 Å². The van der Waals surface area contributed by atoms with Gasteiger partial charge in [-0.15, -0.1) is 0 Å². The van der Waals surface area contributed by atoms with Crippen LogP contribution in [-0.4, -0.2) is 9.08 Å². The van der Waals surface area contributed by atoms with E-state index in [2.05, 4.69) is 0 Å². The van der Waals surface area contributed by atoms with Gasteiger partial charge in [-0.05, 0) is 12.1 Å². The van der Waals surface area contributed by atoms with Crippen molar-refractivity contribution < 1.29 is 25.5 Å². The van der Waals surface area contributed by atoms with E-state index in [9.17, 15) is 25.5 Å². The Labute approximate surface area is 76.7 Å². The van der Waals surface area contributed by atoms with Gasteiger partial charge in [0.2, 0.25) is 0 Å². The van der Waals surface area contributed by atoms with Crippen LogP contribution >= 0.6 is 0 Å². The summed E-state index contributed by atoms with van der Waals surface area (Å²) in [6, 6.07) is 1.82. The van der Waals surface area contributed by atoms with Crippen LogP contribution in [0.4, 0.5) is 25.5 Å². The molecule has 1 aromatic rings. The van der Waals surface area contributed by atoms with E-state index in [0.29, 0.717) is 24.3 Å². The van der Waals surface area contributed by atoms with Gasteiger partial charge < -0.3 is 0 Å². The minimum atomic E-state index is -5.98. The second-order valence-corrected chi connectivity index (χ2v) is 4.15. The summed E-state index contributed by atoms with van der Waals surface area (Å²) in [4.78, 5) is 0. The van der Waals surface area contributed by atoms with E-state index in [-0.39, 0.29) is 0 Å². The van der Waals surface area contributed by atoms with E-state index in [1.165, 1.54) is 0 Å². The highest BCUT2D eigenvalue weighted by molar-refractivity contribution is 6.73. The zero-order valence-corrected chi connectivity index (χ0v) is 7.58. The maximum Gasteiger partial charge on any atom is 0.653 e. The number of alkyl halides is 3. The minimum Gasteiger partial charge on any atom is -0.234 e. The molecule has 0 aliphatic heterocycles. The van der Waals surface area contributed by atoms with Gasteiger partial charge in [0.1, 0.15) is 0 Å². The zero-order valence-electron chi connectivity index (χ0n) is 6.58. The number of halogens is 6. The lowest BCUT2D eigenvalue weighted by molar-refractivity contribution is -0.137. The van der Waals surface area contributed by atoms with E-state index in [1.807, 2.05) is 0 Å². The molecule has 0 aromatic heterocycles. The van der Waals surface area contributed by atoms with Crippen molar-refractivity contribution in [3.63, 3.8) is 0 Å². The Balaban J connectivity index is 3.02. The molecule has 0 saturated carbocycles. The SMILES string of the molecule is FC(F)(F)c1ccc([Si](F)(F)F)cc1. The lowest BCUT2D eigenvalue weighted by atomic mass is 10.2.